The van der Waals surface area contributed by atoms with Crippen LogP contribution in [-0.2, 0) is 23.7 Å². The summed E-state index contributed by atoms with van der Waals surface area (Å²) in [6, 6.07) is 0. The SMILES string of the molecule is CCCCOC[C@H]1OC(=O)C[C@@H](OCCCC)[C@@H]1OCCCC. The van der Waals surface area contributed by atoms with E-state index in [9.17, 15) is 4.79 Å². The van der Waals surface area contributed by atoms with E-state index in [0.29, 0.717) is 26.4 Å². The van der Waals surface area contributed by atoms with Gasteiger partial charge in [0, 0.05) is 19.8 Å². The Hall–Kier alpha value is -0.650. The summed E-state index contributed by atoms with van der Waals surface area (Å²) in [4.78, 5) is 11.9. The lowest BCUT2D eigenvalue weighted by molar-refractivity contribution is -0.201. The van der Waals surface area contributed by atoms with Crippen LogP contribution in [0.4, 0.5) is 0 Å². The Morgan fingerprint density at radius 1 is 0.957 bits per heavy atom. The fourth-order valence-corrected chi connectivity index (χ4v) is 2.49. The van der Waals surface area contributed by atoms with Gasteiger partial charge in [-0.3, -0.25) is 4.79 Å². The maximum atomic E-state index is 11.9. The van der Waals surface area contributed by atoms with E-state index < -0.39 is 0 Å². The third-order valence-electron chi connectivity index (χ3n) is 3.95. The molecule has 1 rings (SSSR count). The van der Waals surface area contributed by atoms with Gasteiger partial charge < -0.3 is 18.9 Å². The normalized spacial score (nSPS) is 24.7. The van der Waals surface area contributed by atoms with Crippen molar-refractivity contribution in [1.29, 1.82) is 0 Å². The molecular weight excluding hydrogens is 296 g/mol. The first-order valence-corrected chi connectivity index (χ1v) is 9.23. The van der Waals surface area contributed by atoms with Crippen LogP contribution in [0.15, 0.2) is 0 Å². The van der Waals surface area contributed by atoms with Crippen LogP contribution in [0.5, 0.6) is 0 Å². The largest absolute Gasteiger partial charge is 0.457 e. The summed E-state index contributed by atoms with van der Waals surface area (Å²) in [6.45, 7) is 8.77. The Labute approximate surface area is 141 Å². The van der Waals surface area contributed by atoms with Gasteiger partial charge in [0.2, 0.25) is 0 Å². The summed E-state index contributed by atoms with van der Waals surface area (Å²) in [5.41, 5.74) is 0. The quantitative estimate of drug-likeness (QED) is 0.382. The molecule has 1 fully saturated rings. The molecule has 0 bridgehead atoms. The number of hydrogen-bond donors (Lipinski definition) is 0. The zero-order valence-corrected chi connectivity index (χ0v) is 15.1. The Morgan fingerprint density at radius 2 is 1.57 bits per heavy atom. The van der Waals surface area contributed by atoms with Crippen molar-refractivity contribution in [3.63, 3.8) is 0 Å². The van der Waals surface area contributed by atoms with E-state index in [4.69, 9.17) is 18.9 Å². The molecule has 0 saturated carbocycles. The van der Waals surface area contributed by atoms with Gasteiger partial charge in [-0.2, -0.15) is 0 Å². The van der Waals surface area contributed by atoms with Gasteiger partial charge in [-0.05, 0) is 19.3 Å². The van der Waals surface area contributed by atoms with Crippen LogP contribution in [0.25, 0.3) is 0 Å². The van der Waals surface area contributed by atoms with Crippen molar-refractivity contribution < 1.29 is 23.7 Å². The highest BCUT2D eigenvalue weighted by atomic mass is 16.6. The summed E-state index contributed by atoms with van der Waals surface area (Å²) in [7, 11) is 0. The van der Waals surface area contributed by atoms with Crippen molar-refractivity contribution in [1.82, 2.24) is 0 Å². The van der Waals surface area contributed by atoms with E-state index in [1.54, 1.807) is 0 Å². The molecular formula is C18H34O5. The zero-order chi connectivity index (χ0) is 16.9. The standard InChI is InChI=1S/C18H34O5/c1-4-7-10-20-14-16-18(22-12-9-6-3)15(13-17(19)23-16)21-11-8-5-2/h15-16,18H,4-14H2,1-3H3/t15-,16-,18+/m1/s1. The van der Waals surface area contributed by atoms with E-state index in [-0.39, 0.29) is 30.7 Å². The second-order valence-electron chi connectivity index (χ2n) is 6.11. The highest BCUT2D eigenvalue weighted by Crippen LogP contribution is 2.23. The molecule has 0 radical (unpaired) electrons. The van der Waals surface area contributed by atoms with E-state index in [2.05, 4.69) is 20.8 Å². The summed E-state index contributed by atoms with van der Waals surface area (Å²) in [5.74, 6) is -0.217. The van der Waals surface area contributed by atoms with E-state index >= 15 is 0 Å². The average Bonchev–Trinajstić information content (AvgIpc) is 2.54. The van der Waals surface area contributed by atoms with E-state index in [1.165, 1.54) is 0 Å². The van der Waals surface area contributed by atoms with Crippen molar-refractivity contribution in [3.8, 4) is 0 Å². The molecule has 5 heteroatoms. The molecule has 136 valence electrons. The van der Waals surface area contributed by atoms with Crippen LogP contribution in [-0.4, -0.2) is 50.7 Å². The van der Waals surface area contributed by atoms with Gasteiger partial charge in [0.1, 0.15) is 6.10 Å². The van der Waals surface area contributed by atoms with Crippen LogP contribution in [0.2, 0.25) is 0 Å². The minimum Gasteiger partial charge on any atom is -0.457 e. The summed E-state index contributed by atoms with van der Waals surface area (Å²) < 4.78 is 23.1. The zero-order valence-electron chi connectivity index (χ0n) is 15.1. The molecule has 0 spiro atoms. The van der Waals surface area contributed by atoms with E-state index in [0.717, 1.165) is 38.5 Å². The number of rotatable bonds is 13. The fourth-order valence-electron chi connectivity index (χ4n) is 2.49. The molecule has 3 atom stereocenters. The number of ether oxygens (including phenoxy) is 4. The van der Waals surface area contributed by atoms with Crippen LogP contribution in [0.1, 0.15) is 65.7 Å². The second kappa shape index (κ2) is 12.7. The molecule has 0 N–H and O–H groups in total. The molecule has 0 unspecified atom stereocenters. The fraction of sp³-hybridized carbons (Fsp3) is 0.944. The predicted molar refractivity (Wildman–Crippen MR) is 89.5 cm³/mol. The van der Waals surface area contributed by atoms with Crippen LogP contribution < -0.4 is 0 Å². The van der Waals surface area contributed by atoms with Crippen molar-refractivity contribution >= 4 is 5.97 Å². The van der Waals surface area contributed by atoms with Crippen LogP contribution >= 0.6 is 0 Å². The molecule has 1 heterocycles. The van der Waals surface area contributed by atoms with E-state index in [1.807, 2.05) is 0 Å². The maximum absolute atomic E-state index is 11.9. The lowest BCUT2D eigenvalue weighted by atomic mass is 10.0. The van der Waals surface area contributed by atoms with Gasteiger partial charge in [0.05, 0.1) is 19.1 Å². The lowest BCUT2D eigenvalue weighted by Gasteiger charge is -2.37. The summed E-state index contributed by atoms with van der Waals surface area (Å²) in [6.07, 6.45) is 5.69. The van der Waals surface area contributed by atoms with Crippen molar-refractivity contribution in [3.05, 3.63) is 0 Å². The minimum atomic E-state index is -0.364. The first-order chi connectivity index (χ1) is 11.2. The van der Waals surface area contributed by atoms with Crippen molar-refractivity contribution in [2.45, 2.75) is 84.0 Å². The van der Waals surface area contributed by atoms with Gasteiger partial charge in [-0.15, -0.1) is 0 Å². The third kappa shape index (κ3) is 8.13. The van der Waals surface area contributed by atoms with Gasteiger partial charge >= 0.3 is 5.97 Å². The number of esters is 1. The lowest BCUT2D eigenvalue weighted by Crippen LogP contribution is -2.51. The molecule has 23 heavy (non-hydrogen) atoms. The molecule has 0 aromatic rings. The maximum Gasteiger partial charge on any atom is 0.308 e. The molecule has 0 aliphatic carbocycles. The highest BCUT2D eigenvalue weighted by molar-refractivity contribution is 5.71. The Kier molecular flexibility index (Phi) is 11.3. The second-order valence-corrected chi connectivity index (χ2v) is 6.11. The molecule has 0 aromatic carbocycles. The number of carbonyl (C=O) groups is 1. The third-order valence-corrected chi connectivity index (χ3v) is 3.95. The molecule has 1 aliphatic heterocycles. The number of cyclic esters (lactones) is 1. The highest BCUT2D eigenvalue weighted by Gasteiger charge is 2.40. The molecule has 1 saturated heterocycles. The molecule has 0 aromatic heterocycles. The monoisotopic (exact) mass is 330 g/mol. The van der Waals surface area contributed by atoms with Crippen LogP contribution in [0.3, 0.4) is 0 Å². The summed E-state index contributed by atoms with van der Waals surface area (Å²) in [5, 5.41) is 0. The Morgan fingerprint density at radius 3 is 2.22 bits per heavy atom. The smallest absolute Gasteiger partial charge is 0.308 e. The Bertz CT molecular complexity index is 308. The summed E-state index contributed by atoms with van der Waals surface area (Å²) >= 11 is 0. The van der Waals surface area contributed by atoms with Gasteiger partial charge in [-0.25, -0.2) is 0 Å². The van der Waals surface area contributed by atoms with Gasteiger partial charge in [0.15, 0.2) is 6.10 Å². The van der Waals surface area contributed by atoms with Crippen molar-refractivity contribution in [2.75, 3.05) is 26.4 Å². The molecule has 1 aliphatic rings. The number of hydrogen-bond acceptors (Lipinski definition) is 5. The number of carbonyl (C=O) groups excluding carboxylic acids is 1. The topological polar surface area (TPSA) is 54.0 Å². The molecule has 0 amide bonds. The van der Waals surface area contributed by atoms with Gasteiger partial charge in [0.25, 0.3) is 0 Å². The van der Waals surface area contributed by atoms with Crippen molar-refractivity contribution in [2.24, 2.45) is 0 Å². The molecule has 5 nitrogen and oxygen atoms in total. The predicted octanol–water partition coefficient (Wildman–Crippen LogP) is 3.49. The first kappa shape index (κ1) is 20.4. The number of unbranched alkanes of at least 4 members (excludes halogenated alkanes) is 3. The Balaban J connectivity index is 2.58. The van der Waals surface area contributed by atoms with Gasteiger partial charge in [-0.1, -0.05) is 40.0 Å². The minimum absolute atomic E-state index is 0.217. The van der Waals surface area contributed by atoms with Crippen LogP contribution in [0, 0.1) is 0 Å². The average molecular weight is 330 g/mol. The first-order valence-electron chi connectivity index (χ1n) is 9.23.